The summed E-state index contributed by atoms with van der Waals surface area (Å²) in [7, 11) is 0. The first-order chi connectivity index (χ1) is 13.7. The minimum Gasteiger partial charge on any atom is -0.454 e. The van der Waals surface area contributed by atoms with E-state index in [1.165, 1.54) is 11.3 Å². The van der Waals surface area contributed by atoms with Gasteiger partial charge in [0, 0.05) is 18.3 Å². The summed E-state index contributed by atoms with van der Waals surface area (Å²) in [6.07, 6.45) is 1.55. The number of thiazole rings is 1. The van der Waals surface area contributed by atoms with Crippen molar-refractivity contribution in [2.45, 2.75) is 6.54 Å². The number of carbonyl (C=O) groups excluding carboxylic acids is 1. The highest BCUT2D eigenvalue weighted by Gasteiger charge is 2.16. The summed E-state index contributed by atoms with van der Waals surface area (Å²) in [4.78, 5) is 17.2. The number of nitrogens with one attached hydrogen (secondary N) is 2. The molecule has 0 spiro atoms. The maximum absolute atomic E-state index is 12.5. The van der Waals surface area contributed by atoms with Crippen molar-refractivity contribution in [3.8, 4) is 23.0 Å². The Morgan fingerprint density at radius 3 is 2.50 bits per heavy atom. The molecule has 2 aliphatic rings. The second kappa shape index (κ2) is 6.93. The first-order valence-electron chi connectivity index (χ1n) is 8.54. The van der Waals surface area contributed by atoms with Crippen molar-refractivity contribution in [2.24, 2.45) is 0 Å². The lowest BCUT2D eigenvalue weighted by Crippen LogP contribution is -2.09. The fourth-order valence-electron chi connectivity index (χ4n) is 2.86. The van der Waals surface area contributed by atoms with Crippen LogP contribution in [-0.2, 0) is 6.54 Å². The van der Waals surface area contributed by atoms with Crippen molar-refractivity contribution in [3.63, 3.8) is 0 Å². The van der Waals surface area contributed by atoms with E-state index in [9.17, 15) is 4.79 Å². The summed E-state index contributed by atoms with van der Waals surface area (Å²) in [5.74, 6) is 2.55. The highest BCUT2D eigenvalue weighted by atomic mass is 32.1. The van der Waals surface area contributed by atoms with Gasteiger partial charge in [0.1, 0.15) is 4.88 Å². The summed E-state index contributed by atoms with van der Waals surface area (Å²) in [5.41, 5.74) is 1.67. The maximum Gasteiger partial charge on any atom is 0.267 e. The van der Waals surface area contributed by atoms with Crippen molar-refractivity contribution < 1.29 is 23.7 Å². The highest BCUT2D eigenvalue weighted by Crippen LogP contribution is 2.35. The minimum absolute atomic E-state index is 0.194. The molecule has 0 atom stereocenters. The Labute approximate surface area is 164 Å². The lowest BCUT2D eigenvalue weighted by atomic mass is 10.2. The van der Waals surface area contributed by atoms with Crippen LogP contribution in [0.3, 0.4) is 0 Å². The summed E-state index contributed by atoms with van der Waals surface area (Å²) >= 11 is 1.28. The zero-order valence-corrected chi connectivity index (χ0v) is 15.4. The third-order valence-electron chi connectivity index (χ3n) is 4.24. The van der Waals surface area contributed by atoms with Gasteiger partial charge in [-0.2, -0.15) is 0 Å². The zero-order valence-electron chi connectivity index (χ0n) is 14.6. The summed E-state index contributed by atoms with van der Waals surface area (Å²) < 4.78 is 21.3. The molecule has 0 saturated heterocycles. The third kappa shape index (κ3) is 3.27. The molecule has 3 heterocycles. The standard InChI is InChI=1S/C19H15N3O5S/c23-18(22-12-2-4-14-16(6-12)27-10-25-14)17-8-21-19(28-17)20-7-11-1-3-13-15(5-11)26-9-24-13/h1-6,8H,7,9-10H2,(H,20,21)(H,22,23). The number of amides is 1. The second-order valence-electron chi connectivity index (χ2n) is 6.09. The van der Waals surface area contributed by atoms with E-state index in [1.54, 1.807) is 24.4 Å². The van der Waals surface area contributed by atoms with Crippen LogP contribution in [0.15, 0.2) is 42.6 Å². The van der Waals surface area contributed by atoms with Crippen molar-refractivity contribution in [1.29, 1.82) is 0 Å². The average molecular weight is 397 g/mol. The number of benzene rings is 2. The lowest BCUT2D eigenvalue weighted by Gasteiger charge is -2.05. The van der Waals surface area contributed by atoms with Crippen LogP contribution in [0.5, 0.6) is 23.0 Å². The van der Waals surface area contributed by atoms with Gasteiger partial charge in [-0.25, -0.2) is 4.98 Å². The molecule has 5 rings (SSSR count). The van der Waals surface area contributed by atoms with Crippen LogP contribution in [0.2, 0.25) is 0 Å². The van der Waals surface area contributed by atoms with Crippen LogP contribution in [0.4, 0.5) is 10.8 Å². The normalized spacial score (nSPS) is 13.4. The van der Waals surface area contributed by atoms with Crippen LogP contribution >= 0.6 is 11.3 Å². The van der Waals surface area contributed by atoms with E-state index in [2.05, 4.69) is 15.6 Å². The lowest BCUT2D eigenvalue weighted by molar-refractivity contribution is 0.103. The summed E-state index contributed by atoms with van der Waals surface area (Å²) in [6.45, 7) is 1.01. The Bertz CT molecular complexity index is 1050. The molecule has 3 aromatic rings. The number of hydrogen-bond donors (Lipinski definition) is 2. The first-order valence-corrected chi connectivity index (χ1v) is 9.35. The van der Waals surface area contributed by atoms with Crippen LogP contribution < -0.4 is 29.6 Å². The predicted molar refractivity (Wildman–Crippen MR) is 103 cm³/mol. The van der Waals surface area contributed by atoms with E-state index in [4.69, 9.17) is 18.9 Å². The third-order valence-corrected chi connectivity index (χ3v) is 5.19. The number of aromatic nitrogens is 1. The van der Waals surface area contributed by atoms with Crippen LogP contribution in [0.1, 0.15) is 15.2 Å². The molecule has 0 aliphatic carbocycles. The van der Waals surface area contributed by atoms with E-state index in [-0.39, 0.29) is 19.5 Å². The predicted octanol–water partition coefficient (Wildman–Crippen LogP) is 3.46. The van der Waals surface area contributed by atoms with Gasteiger partial charge in [0.05, 0.1) is 6.20 Å². The molecule has 8 nitrogen and oxygen atoms in total. The van der Waals surface area contributed by atoms with E-state index in [1.807, 2.05) is 18.2 Å². The van der Waals surface area contributed by atoms with E-state index in [0.717, 1.165) is 17.1 Å². The molecule has 142 valence electrons. The van der Waals surface area contributed by atoms with Crippen molar-refractivity contribution >= 4 is 28.1 Å². The Balaban J connectivity index is 1.21. The van der Waals surface area contributed by atoms with Crippen LogP contribution in [-0.4, -0.2) is 24.5 Å². The van der Waals surface area contributed by atoms with Crippen LogP contribution in [0.25, 0.3) is 0 Å². The monoisotopic (exact) mass is 397 g/mol. The van der Waals surface area contributed by atoms with Gasteiger partial charge < -0.3 is 29.6 Å². The summed E-state index contributed by atoms with van der Waals surface area (Å²) in [6, 6.07) is 11.0. The molecule has 0 fully saturated rings. The van der Waals surface area contributed by atoms with Gasteiger partial charge in [-0.05, 0) is 29.8 Å². The van der Waals surface area contributed by atoms with Crippen LogP contribution in [0, 0.1) is 0 Å². The molecule has 2 aliphatic heterocycles. The fraction of sp³-hybridized carbons (Fsp3) is 0.158. The van der Waals surface area contributed by atoms with Gasteiger partial charge in [-0.3, -0.25) is 4.79 Å². The Hall–Kier alpha value is -3.46. The van der Waals surface area contributed by atoms with Crippen molar-refractivity contribution in [1.82, 2.24) is 4.98 Å². The average Bonchev–Trinajstić information content (AvgIpc) is 3.45. The number of fused-ring (bicyclic) bond motifs is 2. The fourth-order valence-corrected chi connectivity index (χ4v) is 3.56. The van der Waals surface area contributed by atoms with Gasteiger partial charge in [-0.15, -0.1) is 0 Å². The molecule has 0 saturated carbocycles. The molecule has 0 unspecified atom stereocenters. The molecule has 2 aromatic carbocycles. The smallest absolute Gasteiger partial charge is 0.267 e. The Morgan fingerprint density at radius 1 is 0.964 bits per heavy atom. The van der Waals surface area contributed by atoms with E-state index >= 15 is 0 Å². The number of carbonyl (C=O) groups is 1. The number of nitrogens with zero attached hydrogens (tertiary/aromatic N) is 1. The largest absolute Gasteiger partial charge is 0.454 e. The number of anilines is 2. The Kier molecular flexibility index (Phi) is 4.13. The molecule has 2 N–H and O–H groups in total. The van der Waals surface area contributed by atoms with E-state index < -0.39 is 0 Å². The zero-order chi connectivity index (χ0) is 18.9. The first kappa shape index (κ1) is 16.7. The van der Waals surface area contributed by atoms with Crippen molar-refractivity contribution in [3.05, 3.63) is 53.0 Å². The molecule has 0 radical (unpaired) electrons. The Morgan fingerprint density at radius 2 is 1.68 bits per heavy atom. The van der Waals surface area contributed by atoms with E-state index in [0.29, 0.717) is 33.7 Å². The topological polar surface area (TPSA) is 90.9 Å². The second-order valence-corrected chi connectivity index (χ2v) is 7.12. The molecule has 0 bridgehead atoms. The molecule has 1 amide bonds. The maximum atomic E-state index is 12.5. The molecular formula is C19H15N3O5S. The minimum atomic E-state index is -0.229. The van der Waals surface area contributed by atoms with Crippen molar-refractivity contribution in [2.75, 3.05) is 24.2 Å². The van der Waals surface area contributed by atoms with Gasteiger partial charge >= 0.3 is 0 Å². The van der Waals surface area contributed by atoms with Gasteiger partial charge in [0.25, 0.3) is 5.91 Å². The van der Waals surface area contributed by atoms with Gasteiger partial charge in [0.2, 0.25) is 13.6 Å². The molecule has 1 aromatic heterocycles. The number of rotatable bonds is 5. The van der Waals surface area contributed by atoms with Gasteiger partial charge in [-0.1, -0.05) is 17.4 Å². The SMILES string of the molecule is O=C(Nc1ccc2c(c1)OCO2)c1cnc(NCc2ccc3c(c2)OCO3)s1. The highest BCUT2D eigenvalue weighted by molar-refractivity contribution is 7.17. The molecule has 28 heavy (non-hydrogen) atoms. The van der Waals surface area contributed by atoms with Gasteiger partial charge in [0.15, 0.2) is 28.1 Å². The number of ether oxygens (including phenoxy) is 4. The molecular weight excluding hydrogens is 382 g/mol. The number of hydrogen-bond acceptors (Lipinski definition) is 8. The quantitative estimate of drug-likeness (QED) is 0.681. The molecule has 9 heteroatoms. The summed E-state index contributed by atoms with van der Waals surface area (Å²) in [5, 5.41) is 6.72.